The fourth-order valence-corrected chi connectivity index (χ4v) is 12.4. The molecule has 6 aromatic carbocycles. The quantitative estimate of drug-likeness (QED) is 0.145. The van der Waals surface area contributed by atoms with Crippen LogP contribution in [0, 0.1) is 10.8 Å². The smallest absolute Gasteiger partial charge is 0.178 e. The molecule has 6 aromatic rings. The summed E-state index contributed by atoms with van der Waals surface area (Å²) in [6.45, 7) is 9.88. The summed E-state index contributed by atoms with van der Waals surface area (Å²) >= 11 is 0. The number of ether oxygens (including phenoxy) is 6. The molecule has 0 unspecified atom stereocenters. The van der Waals surface area contributed by atoms with Crippen molar-refractivity contribution in [2.75, 3.05) is 28.4 Å². The van der Waals surface area contributed by atoms with Crippen molar-refractivity contribution >= 4 is 16.8 Å². The Morgan fingerprint density at radius 2 is 1.18 bits per heavy atom. The van der Waals surface area contributed by atoms with Crippen molar-refractivity contribution in [2.45, 2.75) is 89.8 Å². The second-order valence-electron chi connectivity index (χ2n) is 19.6. The first-order valence-corrected chi connectivity index (χ1v) is 22.3. The van der Waals surface area contributed by atoms with Crippen LogP contribution in [0.5, 0.6) is 34.5 Å². The van der Waals surface area contributed by atoms with Gasteiger partial charge in [-0.2, -0.15) is 0 Å². The normalized spacial score (nSPS) is 18.7. The van der Waals surface area contributed by atoms with Gasteiger partial charge in [-0.1, -0.05) is 82.3 Å². The van der Waals surface area contributed by atoms with E-state index < -0.39 is 5.60 Å². The zero-order valence-electron chi connectivity index (χ0n) is 37.4. The SMILES string of the molecule is COc1ccc(C2(c3ccc(OC)cc3)C=Cc3c4c(c5cc(OC6CCCC6)c(-c6ccc(OC)cc6OC)cc5c3O2)-c2ccccc2C42CC(C)(C)CC(C)(C)C2)cc1. The van der Waals surface area contributed by atoms with E-state index in [1.165, 1.54) is 35.1 Å². The molecule has 2 fully saturated rings. The predicted octanol–water partition coefficient (Wildman–Crippen LogP) is 13.7. The van der Waals surface area contributed by atoms with Gasteiger partial charge in [0, 0.05) is 44.7 Å². The Morgan fingerprint density at radius 3 is 1.79 bits per heavy atom. The van der Waals surface area contributed by atoms with E-state index in [2.05, 4.69) is 107 Å². The van der Waals surface area contributed by atoms with Crippen LogP contribution >= 0.6 is 0 Å². The third-order valence-corrected chi connectivity index (χ3v) is 14.2. The lowest BCUT2D eigenvalue weighted by molar-refractivity contribution is 0.0642. The molecule has 1 heterocycles. The average Bonchev–Trinajstić information content (AvgIpc) is 3.89. The van der Waals surface area contributed by atoms with Gasteiger partial charge in [0.05, 0.1) is 34.5 Å². The zero-order chi connectivity index (χ0) is 43.0. The molecule has 1 spiro atoms. The van der Waals surface area contributed by atoms with Crippen LogP contribution in [0.4, 0.5) is 0 Å². The van der Waals surface area contributed by atoms with Crippen LogP contribution in [0.15, 0.2) is 109 Å². The van der Waals surface area contributed by atoms with Gasteiger partial charge >= 0.3 is 0 Å². The van der Waals surface area contributed by atoms with Crippen LogP contribution in [0.25, 0.3) is 39.1 Å². The Labute approximate surface area is 366 Å². The van der Waals surface area contributed by atoms with Gasteiger partial charge in [0.25, 0.3) is 0 Å². The van der Waals surface area contributed by atoms with Gasteiger partial charge in [-0.3, -0.25) is 0 Å². The van der Waals surface area contributed by atoms with E-state index in [0.717, 1.165) is 105 Å². The lowest BCUT2D eigenvalue weighted by Crippen LogP contribution is -2.44. The van der Waals surface area contributed by atoms with Crippen molar-refractivity contribution in [1.82, 2.24) is 0 Å². The monoisotopic (exact) mass is 826 g/mol. The predicted molar refractivity (Wildman–Crippen MR) is 249 cm³/mol. The molecular formula is C56H58O6. The maximum absolute atomic E-state index is 7.91. The van der Waals surface area contributed by atoms with Gasteiger partial charge in [0.2, 0.25) is 0 Å². The highest BCUT2D eigenvalue weighted by atomic mass is 16.5. The van der Waals surface area contributed by atoms with Crippen LogP contribution in [0.1, 0.15) is 100 Å². The second-order valence-corrected chi connectivity index (χ2v) is 19.6. The third-order valence-electron chi connectivity index (χ3n) is 14.2. The van der Waals surface area contributed by atoms with Crippen LogP contribution in [-0.4, -0.2) is 34.5 Å². The molecule has 0 aromatic heterocycles. The van der Waals surface area contributed by atoms with Crippen LogP contribution in [0.3, 0.4) is 0 Å². The highest BCUT2D eigenvalue weighted by molar-refractivity contribution is 6.11. The molecule has 0 saturated heterocycles. The van der Waals surface area contributed by atoms with Crippen molar-refractivity contribution in [2.24, 2.45) is 10.8 Å². The largest absolute Gasteiger partial charge is 0.497 e. The molecule has 3 aliphatic carbocycles. The molecule has 1 aliphatic heterocycles. The summed E-state index contributed by atoms with van der Waals surface area (Å²) in [6.07, 6.45) is 12.4. The molecule has 6 heteroatoms. The molecule has 0 atom stereocenters. The van der Waals surface area contributed by atoms with Crippen molar-refractivity contribution in [3.63, 3.8) is 0 Å². The molecule has 62 heavy (non-hydrogen) atoms. The summed E-state index contributed by atoms with van der Waals surface area (Å²) in [4.78, 5) is 0. The molecule has 4 aliphatic rings. The number of hydrogen-bond acceptors (Lipinski definition) is 6. The molecular weight excluding hydrogens is 769 g/mol. The molecule has 0 bridgehead atoms. The van der Waals surface area contributed by atoms with E-state index in [1.807, 2.05) is 36.4 Å². The van der Waals surface area contributed by atoms with Crippen molar-refractivity contribution in [3.05, 3.63) is 137 Å². The van der Waals surface area contributed by atoms with Crippen molar-refractivity contribution < 1.29 is 28.4 Å². The highest BCUT2D eigenvalue weighted by Crippen LogP contribution is 2.67. The number of hydrogen-bond donors (Lipinski definition) is 0. The fourth-order valence-electron chi connectivity index (χ4n) is 12.4. The van der Waals surface area contributed by atoms with Crippen LogP contribution in [-0.2, 0) is 11.0 Å². The van der Waals surface area contributed by atoms with Crippen molar-refractivity contribution in [1.29, 1.82) is 0 Å². The van der Waals surface area contributed by atoms with E-state index >= 15 is 0 Å². The summed E-state index contributed by atoms with van der Waals surface area (Å²) in [5.74, 6) is 4.76. The van der Waals surface area contributed by atoms with Crippen molar-refractivity contribution in [3.8, 4) is 56.8 Å². The van der Waals surface area contributed by atoms with Gasteiger partial charge in [-0.05, 0) is 138 Å². The van der Waals surface area contributed by atoms with Crippen LogP contribution < -0.4 is 28.4 Å². The Morgan fingerprint density at radius 1 is 0.565 bits per heavy atom. The van der Waals surface area contributed by atoms with Gasteiger partial charge in [-0.15, -0.1) is 0 Å². The van der Waals surface area contributed by atoms with Crippen LogP contribution in [0.2, 0.25) is 0 Å². The Hall–Kier alpha value is -5.88. The maximum Gasteiger partial charge on any atom is 0.178 e. The summed E-state index contributed by atoms with van der Waals surface area (Å²) in [7, 11) is 6.82. The second kappa shape index (κ2) is 14.9. The minimum Gasteiger partial charge on any atom is -0.497 e. The Balaban J connectivity index is 1.33. The lowest BCUT2D eigenvalue weighted by Gasteiger charge is -2.52. The van der Waals surface area contributed by atoms with E-state index in [1.54, 1.807) is 28.4 Å². The standard InChI is InChI=1S/C56H58O6/c1-53(2)32-54(3,4)34-55(33-53)47-16-12-11-15-42(47)50-45-31-49(61-39-13-9-10-14-39)44(41-26-25-40(59-7)29-48(41)60-8)30-46(45)52-43(51(50)55)27-28-56(62-52,35-17-21-37(57-5)22-18-35)36-19-23-38(58-6)24-20-36/h11-12,15-31,39H,9-10,13-14,32-34H2,1-8H3. The molecule has 10 rings (SSSR count). The van der Waals surface area contributed by atoms with E-state index in [0.29, 0.717) is 0 Å². The fraction of sp³-hybridized carbons (Fsp3) is 0.357. The first-order chi connectivity index (χ1) is 29.9. The molecule has 0 radical (unpaired) electrons. The molecule has 6 nitrogen and oxygen atoms in total. The maximum atomic E-state index is 7.91. The summed E-state index contributed by atoms with van der Waals surface area (Å²) in [5, 5.41) is 2.17. The number of rotatable bonds is 9. The third kappa shape index (κ3) is 6.43. The number of methoxy groups -OCH3 is 4. The molecule has 318 valence electrons. The lowest BCUT2D eigenvalue weighted by atomic mass is 9.52. The first kappa shape index (κ1) is 40.2. The summed E-state index contributed by atoms with van der Waals surface area (Å²) in [5.41, 5.74) is 9.40. The number of benzene rings is 6. The van der Waals surface area contributed by atoms with Gasteiger partial charge in [0.1, 0.15) is 34.5 Å². The summed E-state index contributed by atoms with van der Waals surface area (Å²) in [6, 6.07) is 36.5. The highest BCUT2D eigenvalue weighted by Gasteiger charge is 2.55. The van der Waals surface area contributed by atoms with E-state index in [9.17, 15) is 0 Å². The molecule has 0 N–H and O–H groups in total. The zero-order valence-corrected chi connectivity index (χ0v) is 37.4. The number of fused-ring (bicyclic) bond motifs is 10. The van der Waals surface area contributed by atoms with Gasteiger partial charge in [-0.25, -0.2) is 0 Å². The summed E-state index contributed by atoms with van der Waals surface area (Å²) < 4.78 is 38.2. The first-order valence-electron chi connectivity index (χ1n) is 22.3. The average molecular weight is 827 g/mol. The Kier molecular flexibility index (Phi) is 9.66. The topological polar surface area (TPSA) is 55.4 Å². The van der Waals surface area contributed by atoms with E-state index in [-0.39, 0.29) is 22.3 Å². The molecule has 0 amide bonds. The van der Waals surface area contributed by atoms with E-state index in [4.69, 9.17) is 28.4 Å². The minimum absolute atomic E-state index is 0.0962. The van der Waals surface area contributed by atoms with Gasteiger partial charge in [0.15, 0.2) is 5.60 Å². The van der Waals surface area contributed by atoms with Gasteiger partial charge < -0.3 is 28.4 Å². The Bertz CT molecular complexity index is 2650. The molecule has 2 saturated carbocycles. The minimum atomic E-state index is -0.979.